The van der Waals surface area contributed by atoms with Crippen molar-refractivity contribution in [2.75, 3.05) is 30.8 Å². The summed E-state index contributed by atoms with van der Waals surface area (Å²) in [6.45, 7) is 2.05. The zero-order valence-electron chi connectivity index (χ0n) is 10.6. The minimum absolute atomic E-state index is 0.00521. The molecule has 1 aromatic rings. The van der Waals surface area contributed by atoms with E-state index in [0.717, 1.165) is 12.1 Å². The Bertz CT molecular complexity index is 448. The molecule has 0 aliphatic rings. The fraction of sp³-hybridized carbons (Fsp3) is 0.455. The van der Waals surface area contributed by atoms with Gasteiger partial charge >= 0.3 is 6.18 Å². The number of hydrogen-bond acceptors (Lipinski definition) is 4. The summed E-state index contributed by atoms with van der Waals surface area (Å²) in [7, 11) is 1.44. The van der Waals surface area contributed by atoms with Crippen molar-refractivity contribution in [3.63, 3.8) is 0 Å². The van der Waals surface area contributed by atoms with E-state index < -0.39 is 11.7 Å². The molecule has 0 saturated carbocycles. The second kappa shape index (κ2) is 6.26. The third-order valence-corrected chi connectivity index (χ3v) is 2.22. The van der Waals surface area contributed by atoms with Crippen LogP contribution in [0.25, 0.3) is 0 Å². The first-order chi connectivity index (χ1) is 8.86. The van der Waals surface area contributed by atoms with Crippen LogP contribution in [0.15, 0.2) is 12.1 Å². The number of rotatable bonds is 5. The quantitative estimate of drug-likeness (QED) is 0.765. The number of aromatic nitrogens is 1. The van der Waals surface area contributed by atoms with Crippen LogP contribution in [0.3, 0.4) is 0 Å². The maximum Gasteiger partial charge on any atom is 0.416 e. The highest BCUT2D eigenvalue weighted by Gasteiger charge is 2.31. The van der Waals surface area contributed by atoms with Gasteiger partial charge in [-0.2, -0.15) is 13.2 Å². The van der Waals surface area contributed by atoms with Crippen LogP contribution in [-0.2, 0) is 11.0 Å². The number of likely N-dealkylation sites (N-methyl/N-ethyl adjacent to an activating group) is 1. The zero-order valence-corrected chi connectivity index (χ0v) is 10.6. The van der Waals surface area contributed by atoms with Gasteiger partial charge in [-0.15, -0.1) is 0 Å². The molecule has 19 heavy (non-hydrogen) atoms. The van der Waals surface area contributed by atoms with Gasteiger partial charge in [-0.3, -0.25) is 4.79 Å². The first-order valence-corrected chi connectivity index (χ1v) is 5.64. The molecule has 0 radical (unpaired) electrons. The molecule has 106 valence electrons. The monoisotopic (exact) mass is 276 g/mol. The molecule has 0 spiro atoms. The number of amides is 1. The molecule has 1 amide bonds. The highest BCUT2D eigenvalue weighted by Crippen LogP contribution is 2.31. The van der Waals surface area contributed by atoms with Crippen molar-refractivity contribution in [3.05, 3.63) is 17.7 Å². The summed E-state index contributed by atoms with van der Waals surface area (Å²) in [6, 6.07) is 1.79. The predicted molar refractivity (Wildman–Crippen MR) is 66.0 cm³/mol. The number of nitrogens with zero attached hydrogens (tertiary/aromatic N) is 1. The van der Waals surface area contributed by atoms with Crippen LogP contribution in [0, 0.1) is 0 Å². The van der Waals surface area contributed by atoms with Crippen LogP contribution >= 0.6 is 0 Å². The average molecular weight is 276 g/mol. The zero-order chi connectivity index (χ0) is 14.5. The van der Waals surface area contributed by atoms with E-state index in [1.807, 2.05) is 0 Å². The van der Waals surface area contributed by atoms with E-state index in [0.29, 0.717) is 6.54 Å². The summed E-state index contributed by atoms with van der Waals surface area (Å²) in [5.74, 6) is -0.240. The SMILES string of the molecule is CCNc1cc(C(F)(F)F)cc(NCC(=O)NC)n1. The average Bonchev–Trinajstić information content (AvgIpc) is 2.35. The number of alkyl halides is 3. The smallest absolute Gasteiger partial charge is 0.370 e. The lowest BCUT2D eigenvalue weighted by Gasteiger charge is -2.12. The molecule has 3 N–H and O–H groups in total. The Balaban J connectivity index is 2.96. The van der Waals surface area contributed by atoms with Crippen LogP contribution in [0.1, 0.15) is 12.5 Å². The Morgan fingerprint density at radius 1 is 1.26 bits per heavy atom. The standard InChI is InChI=1S/C11H15F3N4O/c1-3-16-8-4-7(11(12,13)14)5-9(18-8)17-6-10(19)15-2/h4-5H,3,6H2,1-2H3,(H,15,19)(H2,16,17,18). The predicted octanol–water partition coefficient (Wildman–Crippen LogP) is 1.69. The van der Waals surface area contributed by atoms with Crippen LogP contribution in [-0.4, -0.2) is 31.0 Å². The molecule has 1 aromatic heterocycles. The Morgan fingerprint density at radius 3 is 2.32 bits per heavy atom. The molecule has 8 heteroatoms. The molecular weight excluding hydrogens is 261 g/mol. The fourth-order valence-electron chi connectivity index (χ4n) is 1.32. The van der Waals surface area contributed by atoms with E-state index in [-0.39, 0.29) is 24.1 Å². The van der Waals surface area contributed by atoms with Crippen molar-refractivity contribution in [2.45, 2.75) is 13.1 Å². The number of carbonyl (C=O) groups excluding carboxylic acids is 1. The minimum atomic E-state index is -4.46. The third-order valence-electron chi connectivity index (χ3n) is 2.22. The lowest BCUT2D eigenvalue weighted by atomic mass is 10.2. The molecule has 0 saturated heterocycles. The Kier molecular flexibility index (Phi) is 4.96. The molecular formula is C11H15F3N4O. The molecule has 5 nitrogen and oxygen atoms in total. The molecule has 0 unspecified atom stereocenters. The summed E-state index contributed by atoms with van der Waals surface area (Å²) < 4.78 is 38.1. The molecule has 1 heterocycles. The van der Waals surface area contributed by atoms with Crippen molar-refractivity contribution >= 4 is 17.5 Å². The van der Waals surface area contributed by atoms with Gasteiger partial charge in [0.2, 0.25) is 5.91 Å². The first-order valence-electron chi connectivity index (χ1n) is 5.64. The topological polar surface area (TPSA) is 66.0 Å². The number of carbonyl (C=O) groups is 1. The van der Waals surface area contributed by atoms with Gasteiger partial charge in [0.1, 0.15) is 11.6 Å². The first kappa shape index (κ1) is 15.1. The van der Waals surface area contributed by atoms with Crippen molar-refractivity contribution in [1.82, 2.24) is 10.3 Å². The van der Waals surface area contributed by atoms with Gasteiger partial charge in [-0.05, 0) is 19.1 Å². The van der Waals surface area contributed by atoms with Crippen LogP contribution in [0.4, 0.5) is 24.8 Å². The minimum Gasteiger partial charge on any atom is -0.370 e. The maximum absolute atomic E-state index is 12.7. The van der Waals surface area contributed by atoms with Crippen LogP contribution in [0.2, 0.25) is 0 Å². The normalized spacial score (nSPS) is 11.0. The van der Waals surface area contributed by atoms with Gasteiger partial charge in [0.05, 0.1) is 12.1 Å². The summed E-state index contributed by atoms with van der Waals surface area (Å²) in [5.41, 5.74) is -0.821. The lowest BCUT2D eigenvalue weighted by Crippen LogP contribution is -2.26. The number of nitrogens with one attached hydrogen (secondary N) is 3. The van der Waals surface area contributed by atoms with E-state index >= 15 is 0 Å². The molecule has 0 bridgehead atoms. The van der Waals surface area contributed by atoms with Gasteiger partial charge < -0.3 is 16.0 Å². The van der Waals surface area contributed by atoms with Crippen molar-refractivity contribution in [3.8, 4) is 0 Å². The molecule has 0 aliphatic carbocycles. The van der Waals surface area contributed by atoms with Gasteiger partial charge in [0.25, 0.3) is 0 Å². The summed E-state index contributed by atoms with van der Waals surface area (Å²) in [4.78, 5) is 15.0. The third kappa shape index (κ3) is 4.65. The lowest BCUT2D eigenvalue weighted by molar-refractivity contribution is -0.137. The van der Waals surface area contributed by atoms with Crippen LogP contribution in [0.5, 0.6) is 0 Å². The largest absolute Gasteiger partial charge is 0.416 e. The van der Waals surface area contributed by atoms with Crippen molar-refractivity contribution < 1.29 is 18.0 Å². The van der Waals surface area contributed by atoms with Crippen molar-refractivity contribution in [2.24, 2.45) is 0 Å². The Hall–Kier alpha value is -1.99. The van der Waals surface area contributed by atoms with Crippen molar-refractivity contribution in [1.29, 1.82) is 0 Å². The molecule has 0 fully saturated rings. The summed E-state index contributed by atoms with van der Waals surface area (Å²) >= 11 is 0. The molecule has 0 aromatic carbocycles. The van der Waals surface area contributed by atoms with E-state index in [1.165, 1.54) is 7.05 Å². The second-order valence-corrected chi connectivity index (χ2v) is 3.68. The number of anilines is 2. The van der Waals surface area contributed by atoms with Gasteiger partial charge in [-0.1, -0.05) is 0 Å². The maximum atomic E-state index is 12.7. The van der Waals surface area contributed by atoms with Gasteiger partial charge in [0, 0.05) is 13.6 Å². The number of pyridine rings is 1. The van der Waals surface area contributed by atoms with E-state index in [2.05, 4.69) is 20.9 Å². The second-order valence-electron chi connectivity index (χ2n) is 3.68. The number of halogens is 3. The molecule has 1 rings (SSSR count). The van der Waals surface area contributed by atoms with E-state index in [1.54, 1.807) is 6.92 Å². The Labute approximate surface area is 108 Å². The van der Waals surface area contributed by atoms with Crippen LogP contribution < -0.4 is 16.0 Å². The summed E-state index contributed by atoms with van der Waals surface area (Å²) in [6.07, 6.45) is -4.46. The summed E-state index contributed by atoms with van der Waals surface area (Å²) in [5, 5.41) is 7.61. The molecule has 0 atom stereocenters. The van der Waals surface area contributed by atoms with Gasteiger partial charge in [-0.25, -0.2) is 4.98 Å². The fourth-order valence-corrected chi connectivity index (χ4v) is 1.32. The van der Waals surface area contributed by atoms with E-state index in [9.17, 15) is 18.0 Å². The van der Waals surface area contributed by atoms with Gasteiger partial charge in [0.15, 0.2) is 0 Å². The van der Waals surface area contributed by atoms with E-state index in [4.69, 9.17) is 0 Å². The highest BCUT2D eigenvalue weighted by atomic mass is 19.4. The molecule has 0 aliphatic heterocycles. The highest BCUT2D eigenvalue weighted by molar-refractivity contribution is 5.80. The Morgan fingerprint density at radius 2 is 1.84 bits per heavy atom. The number of hydrogen-bond donors (Lipinski definition) is 3.